The number of hydrogen-bond acceptors (Lipinski definition) is 5. The van der Waals surface area contributed by atoms with Crippen molar-refractivity contribution in [2.24, 2.45) is 7.05 Å². The summed E-state index contributed by atoms with van der Waals surface area (Å²) in [6.07, 6.45) is 8.02. The SMILES string of the molecule is Cc1c(NC(=O)COC(=O)c2ccccc2NCCC2=CCCCC2)c(=O)n(-c2ccccc2)n1C. The van der Waals surface area contributed by atoms with Crippen molar-refractivity contribution in [1.29, 1.82) is 0 Å². The highest BCUT2D eigenvalue weighted by Crippen LogP contribution is 2.21. The number of nitrogens with zero attached hydrogens (tertiary/aromatic N) is 2. The van der Waals surface area contributed by atoms with Crippen molar-refractivity contribution in [3.63, 3.8) is 0 Å². The van der Waals surface area contributed by atoms with E-state index in [9.17, 15) is 14.4 Å². The van der Waals surface area contributed by atoms with Crippen LogP contribution in [0.25, 0.3) is 5.69 Å². The monoisotopic (exact) mass is 488 g/mol. The van der Waals surface area contributed by atoms with Crippen LogP contribution in [0.2, 0.25) is 0 Å². The number of para-hydroxylation sites is 2. The molecule has 2 aromatic carbocycles. The van der Waals surface area contributed by atoms with Gasteiger partial charge in [0.15, 0.2) is 6.61 Å². The number of carbonyl (C=O) groups is 2. The van der Waals surface area contributed by atoms with Crippen molar-refractivity contribution in [3.05, 3.63) is 87.9 Å². The van der Waals surface area contributed by atoms with Crippen LogP contribution in [0.5, 0.6) is 0 Å². The first-order valence-corrected chi connectivity index (χ1v) is 12.3. The number of amides is 1. The van der Waals surface area contributed by atoms with E-state index in [0.29, 0.717) is 22.6 Å². The van der Waals surface area contributed by atoms with Gasteiger partial charge in [-0.2, -0.15) is 0 Å². The molecule has 0 saturated heterocycles. The number of allylic oxidation sites excluding steroid dienone is 1. The molecule has 36 heavy (non-hydrogen) atoms. The Balaban J connectivity index is 1.36. The summed E-state index contributed by atoms with van der Waals surface area (Å²) < 4.78 is 8.43. The number of benzene rings is 2. The zero-order valence-electron chi connectivity index (χ0n) is 20.8. The van der Waals surface area contributed by atoms with Gasteiger partial charge in [0.05, 0.1) is 16.9 Å². The van der Waals surface area contributed by atoms with Crippen LogP contribution in [0.4, 0.5) is 11.4 Å². The molecule has 0 fully saturated rings. The third kappa shape index (κ3) is 5.76. The van der Waals surface area contributed by atoms with Crippen LogP contribution < -0.4 is 16.2 Å². The van der Waals surface area contributed by atoms with Gasteiger partial charge in [0.25, 0.3) is 11.5 Å². The Bertz CT molecular complexity index is 1320. The van der Waals surface area contributed by atoms with Crippen LogP contribution in [-0.4, -0.2) is 34.4 Å². The lowest BCUT2D eigenvalue weighted by Gasteiger charge is -2.15. The fraction of sp³-hybridized carbons (Fsp3) is 0.321. The van der Waals surface area contributed by atoms with Gasteiger partial charge in [0.2, 0.25) is 0 Å². The van der Waals surface area contributed by atoms with E-state index in [1.54, 1.807) is 30.8 Å². The molecule has 4 rings (SSSR count). The van der Waals surface area contributed by atoms with Crippen LogP contribution in [-0.2, 0) is 16.6 Å². The third-order valence-corrected chi connectivity index (χ3v) is 6.45. The molecule has 8 nitrogen and oxygen atoms in total. The molecular weight excluding hydrogens is 456 g/mol. The van der Waals surface area contributed by atoms with Gasteiger partial charge in [-0.15, -0.1) is 0 Å². The maximum Gasteiger partial charge on any atom is 0.340 e. The molecular formula is C28H32N4O4. The molecule has 0 radical (unpaired) electrons. The fourth-order valence-electron chi connectivity index (χ4n) is 4.40. The molecule has 1 aromatic heterocycles. The smallest absolute Gasteiger partial charge is 0.340 e. The summed E-state index contributed by atoms with van der Waals surface area (Å²) in [6.45, 7) is 1.96. The minimum Gasteiger partial charge on any atom is -0.452 e. The lowest BCUT2D eigenvalue weighted by molar-refractivity contribution is -0.119. The van der Waals surface area contributed by atoms with E-state index in [1.807, 2.05) is 42.5 Å². The Morgan fingerprint density at radius 2 is 1.78 bits per heavy atom. The number of nitrogens with one attached hydrogen (secondary N) is 2. The average molecular weight is 489 g/mol. The highest BCUT2D eigenvalue weighted by Gasteiger charge is 2.20. The minimum absolute atomic E-state index is 0.154. The topological polar surface area (TPSA) is 94.4 Å². The van der Waals surface area contributed by atoms with Gasteiger partial charge in [-0.3, -0.25) is 14.3 Å². The van der Waals surface area contributed by atoms with Crippen LogP contribution in [0.3, 0.4) is 0 Å². The number of hydrogen-bond donors (Lipinski definition) is 2. The molecule has 188 valence electrons. The number of anilines is 2. The van der Waals surface area contributed by atoms with Gasteiger partial charge >= 0.3 is 5.97 Å². The van der Waals surface area contributed by atoms with E-state index in [4.69, 9.17) is 4.74 Å². The predicted octanol–water partition coefficient (Wildman–Crippen LogP) is 4.58. The van der Waals surface area contributed by atoms with Crippen LogP contribution >= 0.6 is 0 Å². The molecule has 3 aromatic rings. The van der Waals surface area contributed by atoms with E-state index in [1.165, 1.54) is 23.1 Å². The molecule has 0 saturated carbocycles. The summed E-state index contributed by atoms with van der Waals surface area (Å²) in [5.74, 6) is -1.18. The summed E-state index contributed by atoms with van der Waals surface area (Å²) in [4.78, 5) is 38.3. The summed E-state index contributed by atoms with van der Waals surface area (Å²) in [5.41, 5.74) is 3.56. The van der Waals surface area contributed by atoms with Gasteiger partial charge in [0.1, 0.15) is 5.69 Å². The molecule has 0 unspecified atom stereocenters. The molecule has 0 aliphatic heterocycles. The van der Waals surface area contributed by atoms with Crippen LogP contribution in [0, 0.1) is 6.92 Å². The number of ether oxygens (including phenoxy) is 1. The van der Waals surface area contributed by atoms with E-state index in [-0.39, 0.29) is 11.2 Å². The van der Waals surface area contributed by atoms with Crippen molar-refractivity contribution in [1.82, 2.24) is 9.36 Å². The van der Waals surface area contributed by atoms with Gasteiger partial charge < -0.3 is 15.4 Å². The van der Waals surface area contributed by atoms with Gasteiger partial charge in [-0.1, -0.05) is 42.0 Å². The Labute approximate surface area is 210 Å². The van der Waals surface area contributed by atoms with E-state index < -0.39 is 18.5 Å². The summed E-state index contributed by atoms with van der Waals surface area (Å²) in [7, 11) is 1.74. The Kier molecular flexibility index (Phi) is 8.05. The Hall–Kier alpha value is -4.07. The third-order valence-electron chi connectivity index (χ3n) is 6.45. The van der Waals surface area contributed by atoms with Crippen LogP contribution in [0.1, 0.15) is 48.2 Å². The fourth-order valence-corrected chi connectivity index (χ4v) is 4.40. The number of carbonyl (C=O) groups excluding carboxylic acids is 2. The normalized spacial score (nSPS) is 13.1. The quantitative estimate of drug-likeness (QED) is 0.340. The van der Waals surface area contributed by atoms with Crippen LogP contribution in [0.15, 0.2) is 71.0 Å². The first-order chi connectivity index (χ1) is 17.5. The van der Waals surface area contributed by atoms with Crippen molar-refractivity contribution in [2.45, 2.75) is 39.0 Å². The molecule has 0 spiro atoms. The van der Waals surface area contributed by atoms with Crippen molar-refractivity contribution in [2.75, 3.05) is 23.8 Å². The minimum atomic E-state index is -0.600. The zero-order chi connectivity index (χ0) is 25.5. The maximum absolute atomic E-state index is 13.0. The first-order valence-electron chi connectivity index (χ1n) is 12.3. The molecule has 8 heteroatoms. The Morgan fingerprint density at radius 3 is 2.53 bits per heavy atom. The molecule has 1 aliphatic carbocycles. The second-order valence-corrected chi connectivity index (χ2v) is 8.89. The first kappa shape index (κ1) is 25.0. The zero-order valence-corrected chi connectivity index (χ0v) is 20.8. The number of esters is 1. The van der Waals surface area contributed by atoms with Gasteiger partial charge in [-0.25, -0.2) is 9.48 Å². The van der Waals surface area contributed by atoms with Gasteiger partial charge in [-0.05, 0) is 63.3 Å². The molecule has 1 heterocycles. The van der Waals surface area contributed by atoms with E-state index in [2.05, 4.69) is 16.7 Å². The van der Waals surface area contributed by atoms with E-state index in [0.717, 1.165) is 25.8 Å². The molecule has 1 amide bonds. The summed E-state index contributed by atoms with van der Waals surface area (Å²) in [6, 6.07) is 16.3. The number of aromatic nitrogens is 2. The second kappa shape index (κ2) is 11.6. The molecule has 0 bridgehead atoms. The van der Waals surface area contributed by atoms with Gasteiger partial charge in [0, 0.05) is 19.3 Å². The van der Waals surface area contributed by atoms with Crippen molar-refractivity contribution >= 4 is 23.3 Å². The predicted molar refractivity (Wildman–Crippen MR) is 141 cm³/mol. The van der Waals surface area contributed by atoms with Crippen molar-refractivity contribution in [3.8, 4) is 5.69 Å². The molecule has 1 aliphatic rings. The standard InChI is InChI=1S/C28H32N4O4/c1-20-26(27(34)32(31(20)2)22-13-7-4-8-14-22)30-25(33)19-36-28(35)23-15-9-10-16-24(23)29-18-17-21-11-5-3-6-12-21/h4,7-11,13-16,29H,3,5-6,12,17-19H2,1-2H3,(H,30,33). The maximum atomic E-state index is 13.0. The second-order valence-electron chi connectivity index (χ2n) is 8.89. The van der Waals surface area contributed by atoms with E-state index >= 15 is 0 Å². The average Bonchev–Trinajstić information content (AvgIpc) is 3.11. The lowest BCUT2D eigenvalue weighted by Crippen LogP contribution is -2.26. The largest absolute Gasteiger partial charge is 0.452 e. The highest BCUT2D eigenvalue weighted by molar-refractivity contribution is 5.98. The number of rotatable bonds is 9. The molecule has 2 N–H and O–H groups in total. The summed E-state index contributed by atoms with van der Waals surface area (Å²) in [5, 5.41) is 5.93. The lowest BCUT2D eigenvalue weighted by atomic mass is 9.97. The highest BCUT2D eigenvalue weighted by atomic mass is 16.5. The summed E-state index contributed by atoms with van der Waals surface area (Å²) >= 11 is 0. The molecule has 0 atom stereocenters. The Morgan fingerprint density at radius 1 is 1.03 bits per heavy atom. The van der Waals surface area contributed by atoms with Crippen molar-refractivity contribution < 1.29 is 14.3 Å².